The molecular weight excluding hydrogens is 508 g/mol. The van der Waals surface area contributed by atoms with Gasteiger partial charge in [-0.05, 0) is 79.5 Å². The van der Waals surface area contributed by atoms with Gasteiger partial charge in [0.2, 0.25) is 0 Å². The smallest absolute Gasteiger partial charge is 0.166 e. The Morgan fingerprint density at radius 3 is 1.77 bits per heavy atom. The van der Waals surface area contributed by atoms with Crippen LogP contribution in [0.5, 0.6) is 0 Å². The van der Waals surface area contributed by atoms with E-state index in [0.717, 1.165) is 44.9 Å². The van der Waals surface area contributed by atoms with E-state index in [1.807, 2.05) is 6.92 Å². The molecule has 1 saturated carbocycles. The van der Waals surface area contributed by atoms with E-state index in [1.54, 1.807) is 48.5 Å². The van der Waals surface area contributed by atoms with Crippen molar-refractivity contribution in [2.75, 3.05) is 0 Å². The lowest BCUT2D eigenvalue weighted by atomic mass is 9.78. The van der Waals surface area contributed by atoms with Crippen LogP contribution in [0.3, 0.4) is 0 Å². The van der Waals surface area contributed by atoms with Crippen molar-refractivity contribution >= 4 is 0 Å². The Morgan fingerprint density at radius 2 is 1.18 bits per heavy atom. The molecule has 0 amide bonds. The second kappa shape index (κ2) is 14.7. The van der Waals surface area contributed by atoms with Crippen LogP contribution in [-0.4, -0.2) is 0 Å². The summed E-state index contributed by atoms with van der Waals surface area (Å²) < 4.78 is 60.2. The van der Waals surface area contributed by atoms with Crippen LogP contribution in [0.15, 0.2) is 60.7 Å². The van der Waals surface area contributed by atoms with Crippen molar-refractivity contribution in [3.05, 3.63) is 95.1 Å². The summed E-state index contributed by atoms with van der Waals surface area (Å²) in [5.41, 5.74) is 2.19. The van der Waals surface area contributed by atoms with E-state index in [1.165, 1.54) is 25.7 Å². The molecule has 0 radical (unpaired) electrons. The van der Waals surface area contributed by atoms with Gasteiger partial charge < -0.3 is 0 Å². The highest BCUT2D eigenvalue weighted by Gasteiger charge is 2.26. The lowest BCUT2D eigenvalue weighted by Gasteiger charge is -2.27. The third-order valence-corrected chi connectivity index (χ3v) is 8.51. The molecule has 0 atom stereocenters. The van der Waals surface area contributed by atoms with Gasteiger partial charge in [-0.3, -0.25) is 0 Å². The Hall–Kier alpha value is -2.88. The van der Waals surface area contributed by atoms with E-state index >= 15 is 13.2 Å². The summed E-state index contributed by atoms with van der Waals surface area (Å²) >= 11 is 0. The van der Waals surface area contributed by atoms with Crippen molar-refractivity contribution in [1.82, 2.24) is 0 Å². The fourth-order valence-corrected chi connectivity index (χ4v) is 6.10. The Labute approximate surface area is 237 Å². The van der Waals surface area contributed by atoms with Gasteiger partial charge in [0.15, 0.2) is 23.3 Å². The predicted molar refractivity (Wildman–Crippen MR) is 158 cm³/mol. The standard InChI is InChI=1S/C36H42F4/c1-3-5-6-7-8-9-10-12-29-21-22-30(34(38)33(29)37)27-17-19-28(20-18-27)32-24-23-31(35(39)36(32)40)26-15-13-25(11-4-2)14-16-26/h4,11,17-26H,3,5-10,12-16H2,1-2H3/b11-4+. The van der Waals surface area contributed by atoms with E-state index in [-0.39, 0.29) is 17.0 Å². The number of hydrogen-bond acceptors (Lipinski definition) is 0. The zero-order valence-electron chi connectivity index (χ0n) is 23.9. The highest BCUT2D eigenvalue weighted by molar-refractivity contribution is 5.71. The minimum Gasteiger partial charge on any atom is -0.203 e. The Morgan fingerprint density at radius 1 is 0.625 bits per heavy atom. The van der Waals surface area contributed by atoms with Gasteiger partial charge in [-0.1, -0.05) is 106 Å². The van der Waals surface area contributed by atoms with Crippen molar-refractivity contribution in [1.29, 1.82) is 0 Å². The largest absolute Gasteiger partial charge is 0.203 e. The molecule has 1 fully saturated rings. The van der Waals surface area contributed by atoms with Crippen molar-refractivity contribution in [3.8, 4) is 22.3 Å². The summed E-state index contributed by atoms with van der Waals surface area (Å²) in [6.07, 6.45) is 16.3. The molecule has 0 saturated heterocycles. The van der Waals surface area contributed by atoms with Crippen molar-refractivity contribution < 1.29 is 17.6 Å². The number of allylic oxidation sites excluding steroid dienone is 2. The van der Waals surface area contributed by atoms with Crippen LogP contribution in [0.4, 0.5) is 17.6 Å². The van der Waals surface area contributed by atoms with Crippen LogP contribution in [0.25, 0.3) is 22.3 Å². The van der Waals surface area contributed by atoms with E-state index < -0.39 is 23.3 Å². The summed E-state index contributed by atoms with van der Waals surface area (Å²) in [7, 11) is 0. The molecule has 214 valence electrons. The molecule has 0 heterocycles. The normalized spacial score (nSPS) is 17.6. The Bertz CT molecular complexity index is 1270. The number of unbranched alkanes of at least 4 members (excludes halogenated alkanes) is 6. The van der Waals surface area contributed by atoms with Gasteiger partial charge in [0, 0.05) is 11.1 Å². The quantitative estimate of drug-likeness (QED) is 0.119. The maximum Gasteiger partial charge on any atom is 0.166 e. The first-order valence-corrected chi connectivity index (χ1v) is 15.1. The number of halogens is 4. The highest BCUT2D eigenvalue weighted by Crippen LogP contribution is 2.39. The van der Waals surface area contributed by atoms with Gasteiger partial charge in [-0.25, -0.2) is 17.6 Å². The number of aryl methyl sites for hydroxylation is 1. The molecule has 40 heavy (non-hydrogen) atoms. The van der Waals surface area contributed by atoms with Crippen LogP contribution in [0.1, 0.15) is 102 Å². The minimum atomic E-state index is -0.862. The molecule has 0 aromatic heterocycles. The van der Waals surface area contributed by atoms with E-state index in [9.17, 15) is 4.39 Å². The lowest BCUT2D eigenvalue weighted by Crippen LogP contribution is -2.13. The molecule has 0 bridgehead atoms. The summed E-state index contributed by atoms with van der Waals surface area (Å²) in [6.45, 7) is 4.20. The molecule has 1 aliphatic carbocycles. The number of rotatable bonds is 12. The molecule has 4 heteroatoms. The molecule has 0 aliphatic heterocycles. The molecule has 3 aromatic carbocycles. The van der Waals surface area contributed by atoms with Crippen LogP contribution in [0, 0.1) is 29.2 Å². The summed E-state index contributed by atoms with van der Waals surface area (Å²) in [5, 5.41) is 0. The van der Waals surface area contributed by atoms with Gasteiger partial charge in [-0.2, -0.15) is 0 Å². The van der Waals surface area contributed by atoms with Gasteiger partial charge in [0.05, 0.1) is 0 Å². The van der Waals surface area contributed by atoms with Crippen LogP contribution in [0.2, 0.25) is 0 Å². The van der Waals surface area contributed by atoms with Crippen LogP contribution >= 0.6 is 0 Å². The average Bonchev–Trinajstić information content (AvgIpc) is 2.97. The van der Waals surface area contributed by atoms with E-state index in [2.05, 4.69) is 19.1 Å². The van der Waals surface area contributed by atoms with Gasteiger partial charge in [-0.15, -0.1) is 0 Å². The van der Waals surface area contributed by atoms with Crippen LogP contribution in [-0.2, 0) is 6.42 Å². The maximum absolute atomic E-state index is 15.2. The Kier molecular flexibility index (Phi) is 11.0. The second-order valence-electron chi connectivity index (χ2n) is 11.3. The molecule has 3 aromatic rings. The topological polar surface area (TPSA) is 0 Å². The van der Waals surface area contributed by atoms with Gasteiger partial charge in [0.25, 0.3) is 0 Å². The Balaban J connectivity index is 1.42. The molecular formula is C36H42F4. The SMILES string of the molecule is C/C=C/C1CCC(c2ccc(-c3ccc(-c4ccc(CCCCCCCCC)c(F)c4F)cc3)c(F)c2F)CC1. The molecule has 4 rings (SSSR count). The summed E-state index contributed by atoms with van der Waals surface area (Å²) in [5.74, 6) is -2.74. The van der Waals surface area contributed by atoms with Crippen molar-refractivity contribution in [3.63, 3.8) is 0 Å². The second-order valence-corrected chi connectivity index (χ2v) is 11.3. The summed E-state index contributed by atoms with van der Waals surface area (Å²) in [4.78, 5) is 0. The lowest BCUT2D eigenvalue weighted by molar-refractivity contribution is 0.364. The van der Waals surface area contributed by atoms with Gasteiger partial charge in [0.1, 0.15) is 0 Å². The number of benzene rings is 3. The van der Waals surface area contributed by atoms with Crippen molar-refractivity contribution in [2.24, 2.45) is 5.92 Å². The first kappa shape index (κ1) is 30.1. The van der Waals surface area contributed by atoms with E-state index in [0.29, 0.717) is 34.6 Å². The zero-order valence-corrected chi connectivity index (χ0v) is 23.9. The summed E-state index contributed by atoms with van der Waals surface area (Å²) in [6, 6.07) is 13.2. The zero-order chi connectivity index (χ0) is 28.5. The van der Waals surface area contributed by atoms with E-state index in [4.69, 9.17) is 0 Å². The third kappa shape index (κ3) is 7.25. The average molecular weight is 551 g/mol. The molecule has 0 spiro atoms. The van der Waals surface area contributed by atoms with Crippen molar-refractivity contribution in [2.45, 2.75) is 96.8 Å². The first-order valence-electron chi connectivity index (χ1n) is 15.1. The highest BCUT2D eigenvalue weighted by atomic mass is 19.2. The molecule has 0 unspecified atom stereocenters. The minimum absolute atomic E-state index is 0.0269. The fraction of sp³-hybridized carbons (Fsp3) is 0.444. The van der Waals surface area contributed by atoms with Gasteiger partial charge >= 0.3 is 0 Å². The maximum atomic E-state index is 15.2. The third-order valence-electron chi connectivity index (χ3n) is 8.51. The van der Waals surface area contributed by atoms with Crippen LogP contribution < -0.4 is 0 Å². The fourth-order valence-electron chi connectivity index (χ4n) is 6.10. The first-order chi connectivity index (χ1) is 19.4. The number of hydrogen-bond donors (Lipinski definition) is 0. The molecule has 0 N–H and O–H groups in total. The molecule has 0 nitrogen and oxygen atoms in total. The monoisotopic (exact) mass is 550 g/mol. The molecule has 1 aliphatic rings. The predicted octanol–water partition coefficient (Wildman–Crippen LogP) is 11.7.